The van der Waals surface area contributed by atoms with Crippen LogP contribution >= 0.6 is 0 Å². The molecule has 0 bridgehead atoms. The van der Waals surface area contributed by atoms with Crippen LogP contribution in [0.3, 0.4) is 0 Å². The molecule has 3 nitrogen and oxygen atoms in total. The Labute approximate surface area is 112 Å². The zero-order chi connectivity index (χ0) is 15.6. The first-order valence-corrected chi connectivity index (χ1v) is 6.18. The van der Waals surface area contributed by atoms with Crippen molar-refractivity contribution in [2.75, 3.05) is 13.2 Å². The number of halogens is 6. The molecule has 0 amide bonds. The summed E-state index contributed by atoms with van der Waals surface area (Å²) in [5, 5.41) is 10.0. The van der Waals surface area contributed by atoms with Gasteiger partial charge in [-0.2, -0.15) is 26.3 Å². The molecule has 9 heteroatoms. The number of rotatable bonds is 5. The van der Waals surface area contributed by atoms with Crippen molar-refractivity contribution in [3.8, 4) is 0 Å². The second-order valence-corrected chi connectivity index (χ2v) is 5.02. The molecule has 0 spiro atoms. The van der Waals surface area contributed by atoms with Crippen LogP contribution in [-0.2, 0) is 4.74 Å². The predicted octanol–water partition coefficient (Wildman–Crippen LogP) is 2.38. The molecule has 0 aromatic heterocycles. The van der Waals surface area contributed by atoms with Gasteiger partial charge in [0.05, 0.1) is 5.60 Å². The summed E-state index contributed by atoms with van der Waals surface area (Å²) in [6.45, 7) is -0.795. The molecule has 3 N–H and O–H groups in total. The molecule has 2 unspecified atom stereocenters. The minimum absolute atomic E-state index is 0.0698. The van der Waals surface area contributed by atoms with Gasteiger partial charge in [0.15, 0.2) is 0 Å². The Kier molecular flexibility index (Phi) is 5.31. The monoisotopic (exact) mass is 309 g/mol. The molecule has 2 atom stereocenters. The zero-order valence-electron chi connectivity index (χ0n) is 10.6. The second-order valence-electron chi connectivity index (χ2n) is 5.02. The van der Waals surface area contributed by atoms with Crippen molar-refractivity contribution >= 4 is 0 Å². The van der Waals surface area contributed by atoms with Gasteiger partial charge in [0.2, 0.25) is 6.10 Å². The van der Waals surface area contributed by atoms with Gasteiger partial charge in [-0.25, -0.2) is 0 Å². The van der Waals surface area contributed by atoms with E-state index in [2.05, 4.69) is 4.74 Å². The molecule has 0 aliphatic heterocycles. The molecule has 0 saturated heterocycles. The minimum Gasteiger partial charge on any atom is -0.388 e. The van der Waals surface area contributed by atoms with Gasteiger partial charge in [0.25, 0.3) is 0 Å². The van der Waals surface area contributed by atoms with E-state index in [9.17, 15) is 31.4 Å². The fourth-order valence-corrected chi connectivity index (χ4v) is 2.51. The molecule has 0 aromatic carbocycles. The highest BCUT2D eigenvalue weighted by atomic mass is 19.4. The van der Waals surface area contributed by atoms with Crippen LogP contribution in [0, 0.1) is 5.92 Å². The third-order valence-electron chi connectivity index (χ3n) is 3.62. The van der Waals surface area contributed by atoms with Gasteiger partial charge in [-0.15, -0.1) is 0 Å². The van der Waals surface area contributed by atoms with Gasteiger partial charge in [-0.1, -0.05) is 6.42 Å². The summed E-state index contributed by atoms with van der Waals surface area (Å²) in [5.74, 6) is -0.436. The molecule has 1 saturated carbocycles. The summed E-state index contributed by atoms with van der Waals surface area (Å²) < 4.78 is 77.3. The number of ether oxygens (including phenoxy) is 1. The van der Waals surface area contributed by atoms with E-state index in [0.717, 1.165) is 0 Å². The van der Waals surface area contributed by atoms with Crippen molar-refractivity contribution in [3.05, 3.63) is 0 Å². The summed E-state index contributed by atoms with van der Waals surface area (Å²) >= 11 is 0. The maximum absolute atomic E-state index is 12.2. The van der Waals surface area contributed by atoms with Gasteiger partial charge in [-0.3, -0.25) is 0 Å². The lowest BCUT2D eigenvalue weighted by Gasteiger charge is -2.29. The summed E-state index contributed by atoms with van der Waals surface area (Å²) in [6, 6.07) is 0. The Balaban J connectivity index is 2.54. The van der Waals surface area contributed by atoms with Crippen LogP contribution in [0.2, 0.25) is 0 Å². The second kappa shape index (κ2) is 6.07. The average molecular weight is 309 g/mol. The Hall–Kier alpha value is -0.540. The Morgan fingerprint density at radius 2 is 1.75 bits per heavy atom. The maximum atomic E-state index is 12.2. The molecular formula is C11H17F6NO2. The number of nitrogens with two attached hydrogens (primary N) is 1. The van der Waals surface area contributed by atoms with E-state index in [1.807, 2.05) is 0 Å². The lowest BCUT2D eigenvalue weighted by Crippen LogP contribution is -2.45. The molecule has 0 aromatic rings. The third kappa shape index (κ3) is 4.23. The predicted molar refractivity (Wildman–Crippen MR) is 57.8 cm³/mol. The molecule has 0 heterocycles. The highest BCUT2D eigenvalue weighted by molar-refractivity contribution is 4.93. The van der Waals surface area contributed by atoms with Crippen molar-refractivity contribution in [2.45, 2.75) is 49.7 Å². The Morgan fingerprint density at radius 3 is 2.20 bits per heavy atom. The maximum Gasteiger partial charge on any atom is 0.423 e. The van der Waals surface area contributed by atoms with E-state index in [0.29, 0.717) is 19.3 Å². The highest BCUT2D eigenvalue weighted by Gasteiger charge is 2.58. The number of hydrogen-bond donors (Lipinski definition) is 2. The summed E-state index contributed by atoms with van der Waals surface area (Å²) in [6.07, 6.45) is -13.3. The SMILES string of the molecule is NCC1(O)CCCC1CCOC(C(F)(F)F)C(F)(F)F. The summed E-state index contributed by atoms with van der Waals surface area (Å²) in [7, 11) is 0. The topological polar surface area (TPSA) is 55.5 Å². The van der Waals surface area contributed by atoms with Crippen LogP contribution in [0.15, 0.2) is 0 Å². The first kappa shape index (κ1) is 17.5. The van der Waals surface area contributed by atoms with Crippen LogP contribution < -0.4 is 5.73 Å². The molecule has 120 valence electrons. The first-order valence-electron chi connectivity index (χ1n) is 6.18. The summed E-state index contributed by atoms with van der Waals surface area (Å²) in [4.78, 5) is 0. The summed E-state index contributed by atoms with van der Waals surface area (Å²) in [5.41, 5.74) is 4.16. The fourth-order valence-electron chi connectivity index (χ4n) is 2.51. The molecule has 0 radical (unpaired) electrons. The van der Waals surface area contributed by atoms with Crippen LogP contribution in [0.25, 0.3) is 0 Å². The third-order valence-corrected chi connectivity index (χ3v) is 3.62. The van der Waals surface area contributed by atoms with Crippen molar-refractivity contribution in [3.63, 3.8) is 0 Å². The highest BCUT2D eigenvalue weighted by Crippen LogP contribution is 2.39. The molecule has 20 heavy (non-hydrogen) atoms. The molecule has 1 aliphatic carbocycles. The van der Waals surface area contributed by atoms with Crippen LogP contribution in [-0.4, -0.2) is 42.3 Å². The Morgan fingerprint density at radius 1 is 1.20 bits per heavy atom. The van der Waals surface area contributed by atoms with Crippen LogP contribution in [0.5, 0.6) is 0 Å². The molecular weight excluding hydrogens is 292 g/mol. The van der Waals surface area contributed by atoms with E-state index in [1.165, 1.54) is 0 Å². The van der Waals surface area contributed by atoms with Gasteiger partial charge in [0.1, 0.15) is 0 Å². The van der Waals surface area contributed by atoms with Crippen molar-refractivity contribution in [1.29, 1.82) is 0 Å². The van der Waals surface area contributed by atoms with E-state index >= 15 is 0 Å². The normalized spacial score (nSPS) is 28.4. The van der Waals surface area contributed by atoms with Crippen LogP contribution in [0.4, 0.5) is 26.3 Å². The van der Waals surface area contributed by atoms with Crippen molar-refractivity contribution in [1.82, 2.24) is 0 Å². The lowest BCUT2D eigenvalue weighted by atomic mass is 9.88. The zero-order valence-corrected chi connectivity index (χ0v) is 10.6. The largest absolute Gasteiger partial charge is 0.423 e. The first-order chi connectivity index (χ1) is 9.00. The van der Waals surface area contributed by atoms with Gasteiger partial charge in [0, 0.05) is 13.2 Å². The average Bonchev–Trinajstić information content (AvgIpc) is 2.63. The van der Waals surface area contributed by atoms with Gasteiger partial charge < -0.3 is 15.6 Å². The van der Waals surface area contributed by atoms with Crippen molar-refractivity contribution < 1.29 is 36.2 Å². The number of hydrogen-bond acceptors (Lipinski definition) is 3. The standard InChI is InChI=1S/C11H17F6NO2/c12-10(13,14)8(11(15,16)17)20-5-3-7-2-1-4-9(7,19)6-18/h7-8,19H,1-6,18H2. The Bertz CT molecular complexity index is 305. The number of alkyl halides is 6. The van der Waals surface area contributed by atoms with E-state index < -0.39 is 36.6 Å². The number of aliphatic hydroxyl groups is 1. The van der Waals surface area contributed by atoms with E-state index in [1.54, 1.807) is 0 Å². The molecule has 1 aliphatic rings. The van der Waals surface area contributed by atoms with Crippen molar-refractivity contribution in [2.24, 2.45) is 11.7 Å². The van der Waals surface area contributed by atoms with E-state index in [-0.39, 0.29) is 13.0 Å². The van der Waals surface area contributed by atoms with Gasteiger partial charge >= 0.3 is 12.4 Å². The molecule has 1 rings (SSSR count). The van der Waals surface area contributed by atoms with E-state index in [4.69, 9.17) is 5.73 Å². The quantitative estimate of drug-likeness (QED) is 0.767. The van der Waals surface area contributed by atoms with Crippen LogP contribution in [0.1, 0.15) is 25.7 Å². The molecule has 1 fully saturated rings. The van der Waals surface area contributed by atoms with Gasteiger partial charge in [-0.05, 0) is 25.2 Å². The smallest absolute Gasteiger partial charge is 0.388 e. The minimum atomic E-state index is -5.50. The lowest BCUT2D eigenvalue weighted by molar-refractivity contribution is -0.322. The fraction of sp³-hybridized carbons (Fsp3) is 1.00.